The zero-order valence-corrected chi connectivity index (χ0v) is 32.6. The minimum absolute atomic E-state index is 0.594. The molecule has 0 radical (unpaired) electrons. The number of rotatable bonds is 8. The van der Waals surface area contributed by atoms with Crippen LogP contribution < -0.4 is 0 Å². The van der Waals surface area contributed by atoms with E-state index < -0.39 is 5.41 Å². The summed E-state index contributed by atoms with van der Waals surface area (Å²) < 4.78 is 2.45. The first kappa shape index (κ1) is 35.1. The molecule has 0 saturated heterocycles. The van der Waals surface area contributed by atoms with Crippen LogP contribution in [0.4, 0.5) is 0 Å². The molecular formula is C55H41N3. The van der Waals surface area contributed by atoms with Crippen LogP contribution >= 0.6 is 0 Å². The number of allylic oxidation sites excluding steroid dienone is 1. The third-order valence-corrected chi connectivity index (χ3v) is 11.6. The van der Waals surface area contributed by atoms with Crippen LogP contribution in [0.1, 0.15) is 46.0 Å². The molecule has 0 aliphatic heterocycles. The van der Waals surface area contributed by atoms with Crippen molar-refractivity contribution in [1.82, 2.24) is 14.5 Å². The maximum atomic E-state index is 5.25. The first-order valence-corrected chi connectivity index (χ1v) is 19.9. The standard InChI is InChI=1S/C55H41N3/c1-4-19-51-44(5-2)47-33-32-46-45-30-15-16-31-48(45)55(41-25-11-7-12-26-41,42-27-13-8-14-28-42)52(46)53(47)58(51)43-29-18-24-40(35-43)54-56-49(38-21-9-6-10-22-38)36-50(57-54)39-23-17-20-37(3)34-39/h4-36H,2H2,1,3H3/b19-4-. The molecule has 0 N–H and O–H groups in total. The molecule has 0 spiro atoms. The summed E-state index contributed by atoms with van der Waals surface area (Å²) in [5.74, 6) is 0.674. The predicted molar refractivity (Wildman–Crippen MR) is 242 cm³/mol. The van der Waals surface area contributed by atoms with Gasteiger partial charge in [0.15, 0.2) is 5.82 Å². The van der Waals surface area contributed by atoms with Crippen molar-refractivity contribution in [3.05, 3.63) is 234 Å². The average Bonchev–Trinajstić information content (AvgIpc) is 3.77. The summed E-state index contributed by atoms with van der Waals surface area (Å²) in [7, 11) is 0. The molecule has 2 aromatic heterocycles. The summed E-state index contributed by atoms with van der Waals surface area (Å²) in [4.78, 5) is 10.5. The third-order valence-electron chi connectivity index (χ3n) is 11.6. The van der Waals surface area contributed by atoms with Gasteiger partial charge in [-0.05, 0) is 72.0 Å². The van der Waals surface area contributed by atoms with Crippen molar-refractivity contribution < 1.29 is 0 Å². The lowest BCUT2D eigenvalue weighted by molar-refractivity contribution is 0.771. The Hall–Kier alpha value is -7.36. The van der Waals surface area contributed by atoms with Gasteiger partial charge in [0.25, 0.3) is 0 Å². The second-order valence-electron chi connectivity index (χ2n) is 15.0. The SMILES string of the molecule is C=Cc1c(/C=C\C)n(-c2cccc(-c3nc(-c4ccccc4)cc(-c4cccc(C)c4)n3)c2)c2c3c(ccc12)-c1ccccc1C3(c1ccccc1)c1ccccc1. The fourth-order valence-electron chi connectivity index (χ4n) is 9.22. The predicted octanol–water partition coefficient (Wildman–Crippen LogP) is 13.8. The first-order valence-electron chi connectivity index (χ1n) is 19.9. The Morgan fingerprint density at radius 3 is 1.88 bits per heavy atom. The topological polar surface area (TPSA) is 30.7 Å². The Balaban J connectivity index is 1.29. The van der Waals surface area contributed by atoms with E-state index in [4.69, 9.17) is 9.97 Å². The van der Waals surface area contributed by atoms with Crippen molar-refractivity contribution in [1.29, 1.82) is 0 Å². The molecule has 1 aliphatic carbocycles. The highest BCUT2D eigenvalue weighted by Gasteiger charge is 2.48. The second-order valence-corrected chi connectivity index (χ2v) is 15.0. The van der Waals surface area contributed by atoms with Crippen molar-refractivity contribution >= 4 is 23.1 Å². The second kappa shape index (κ2) is 14.3. The van der Waals surface area contributed by atoms with Gasteiger partial charge in [-0.3, -0.25) is 0 Å². The molecule has 3 nitrogen and oxygen atoms in total. The lowest BCUT2D eigenvalue weighted by atomic mass is 9.67. The molecular weight excluding hydrogens is 703 g/mol. The summed E-state index contributed by atoms with van der Waals surface area (Å²) in [6.07, 6.45) is 6.35. The molecule has 0 bridgehead atoms. The fourth-order valence-corrected chi connectivity index (χ4v) is 9.22. The van der Waals surface area contributed by atoms with E-state index in [9.17, 15) is 0 Å². The Morgan fingerprint density at radius 1 is 0.569 bits per heavy atom. The van der Waals surface area contributed by atoms with Crippen LogP contribution in [0.5, 0.6) is 0 Å². The Morgan fingerprint density at radius 2 is 1.19 bits per heavy atom. The zero-order valence-electron chi connectivity index (χ0n) is 32.6. The first-order chi connectivity index (χ1) is 28.6. The summed E-state index contributed by atoms with van der Waals surface area (Å²) in [5.41, 5.74) is 17.2. The number of fused-ring (bicyclic) bond motifs is 5. The summed E-state index contributed by atoms with van der Waals surface area (Å²) in [6.45, 7) is 8.60. The Bertz CT molecular complexity index is 2990. The van der Waals surface area contributed by atoms with Crippen molar-refractivity contribution in [2.75, 3.05) is 0 Å². The van der Waals surface area contributed by atoms with Gasteiger partial charge in [0, 0.05) is 38.9 Å². The summed E-state index contributed by atoms with van der Waals surface area (Å²) in [5, 5.41) is 1.15. The molecule has 10 rings (SSSR count). The molecule has 0 saturated carbocycles. The van der Waals surface area contributed by atoms with E-state index in [2.05, 4.69) is 213 Å². The average molecular weight is 744 g/mol. The van der Waals surface area contributed by atoms with Crippen molar-refractivity contribution in [3.8, 4) is 50.7 Å². The van der Waals surface area contributed by atoms with Crippen LogP contribution in [0.25, 0.3) is 73.8 Å². The van der Waals surface area contributed by atoms with Crippen molar-refractivity contribution in [2.24, 2.45) is 0 Å². The molecule has 276 valence electrons. The van der Waals surface area contributed by atoms with E-state index >= 15 is 0 Å². The van der Waals surface area contributed by atoms with E-state index in [-0.39, 0.29) is 0 Å². The highest BCUT2D eigenvalue weighted by atomic mass is 15.0. The number of benzene rings is 7. The number of hydrogen-bond acceptors (Lipinski definition) is 2. The Kier molecular flexibility index (Phi) is 8.65. The molecule has 0 atom stereocenters. The smallest absolute Gasteiger partial charge is 0.160 e. The van der Waals surface area contributed by atoms with E-state index in [0.717, 1.165) is 55.9 Å². The number of hydrogen-bond donors (Lipinski definition) is 0. The monoisotopic (exact) mass is 743 g/mol. The van der Waals surface area contributed by atoms with Gasteiger partial charge in [0.05, 0.1) is 28.0 Å². The highest BCUT2D eigenvalue weighted by Crippen LogP contribution is 2.59. The van der Waals surface area contributed by atoms with Crippen molar-refractivity contribution in [2.45, 2.75) is 19.3 Å². The van der Waals surface area contributed by atoms with Crippen LogP contribution in [-0.2, 0) is 5.41 Å². The molecule has 0 amide bonds. The van der Waals surface area contributed by atoms with Crippen LogP contribution in [-0.4, -0.2) is 14.5 Å². The maximum Gasteiger partial charge on any atom is 0.160 e. The fraction of sp³-hybridized carbons (Fsp3) is 0.0545. The number of aryl methyl sites for hydroxylation is 1. The molecule has 1 aliphatic rings. The highest BCUT2D eigenvalue weighted by molar-refractivity contribution is 6.05. The molecule has 2 heterocycles. The van der Waals surface area contributed by atoms with Gasteiger partial charge in [0.2, 0.25) is 0 Å². The van der Waals surface area contributed by atoms with Gasteiger partial charge in [-0.15, -0.1) is 0 Å². The number of nitrogens with zero attached hydrogens (tertiary/aromatic N) is 3. The van der Waals surface area contributed by atoms with E-state index in [1.54, 1.807) is 0 Å². The zero-order chi connectivity index (χ0) is 39.2. The normalized spacial score (nSPS) is 12.8. The van der Waals surface area contributed by atoms with E-state index in [1.807, 2.05) is 12.1 Å². The largest absolute Gasteiger partial charge is 0.309 e. The van der Waals surface area contributed by atoms with Gasteiger partial charge >= 0.3 is 0 Å². The summed E-state index contributed by atoms with van der Waals surface area (Å²) >= 11 is 0. The minimum atomic E-state index is -0.594. The lowest BCUT2D eigenvalue weighted by Crippen LogP contribution is -2.29. The van der Waals surface area contributed by atoms with Crippen molar-refractivity contribution in [3.63, 3.8) is 0 Å². The van der Waals surface area contributed by atoms with Gasteiger partial charge in [-0.1, -0.05) is 182 Å². The van der Waals surface area contributed by atoms with E-state index in [1.165, 1.54) is 38.9 Å². The summed E-state index contributed by atoms with van der Waals surface area (Å²) in [6, 6.07) is 65.3. The van der Waals surface area contributed by atoms with Crippen LogP contribution in [0.3, 0.4) is 0 Å². The van der Waals surface area contributed by atoms with Crippen LogP contribution in [0.2, 0.25) is 0 Å². The third kappa shape index (κ3) is 5.50. The van der Waals surface area contributed by atoms with Gasteiger partial charge in [-0.2, -0.15) is 0 Å². The molecule has 3 heteroatoms. The lowest BCUT2D eigenvalue weighted by Gasteiger charge is -2.34. The number of aromatic nitrogens is 3. The maximum absolute atomic E-state index is 5.25. The van der Waals surface area contributed by atoms with Gasteiger partial charge < -0.3 is 4.57 Å². The molecule has 9 aromatic rings. The van der Waals surface area contributed by atoms with Crippen LogP contribution in [0.15, 0.2) is 195 Å². The Labute approximate surface area is 340 Å². The minimum Gasteiger partial charge on any atom is -0.309 e. The quantitative estimate of drug-likeness (QED) is 0.155. The molecule has 0 fully saturated rings. The van der Waals surface area contributed by atoms with E-state index in [0.29, 0.717) is 5.82 Å². The van der Waals surface area contributed by atoms with Gasteiger partial charge in [0.1, 0.15) is 0 Å². The molecule has 0 unspecified atom stereocenters. The molecule has 7 aromatic carbocycles. The van der Waals surface area contributed by atoms with Gasteiger partial charge in [-0.25, -0.2) is 9.97 Å². The van der Waals surface area contributed by atoms with Crippen LogP contribution in [0, 0.1) is 6.92 Å². The molecule has 58 heavy (non-hydrogen) atoms.